The summed E-state index contributed by atoms with van der Waals surface area (Å²) in [7, 11) is 0. The van der Waals surface area contributed by atoms with E-state index >= 15 is 0 Å². The number of terminal acetylenes is 1. The molecule has 0 aliphatic heterocycles. The van der Waals surface area contributed by atoms with E-state index in [1.54, 1.807) is 12.3 Å². The van der Waals surface area contributed by atoms with Crippen molar-refractivity contribution in [3.05, 3.63) is 36.0 Å². The van der Waals surface area contributed by atoms with Crippen molar-refractivity contribution in [2.75, 3.05) is 12.3 Å². The third-order valence-electron chi connectivity index (χ3n) is 3.02. The lowest BCUT2D eigenvalue weighted by Gasteiger charge is -2.12. The van der Waals surface area contributed by atoms with Gasteiger partial charge in [0.15, 0.2) is 0 Å². The second-order valence-corrected chi connectivity index (χ2v) is 5.67. The number of thioether (sulfide) groups is 1. The summed E-state index contributed by atoms with van der Waals surface area (Å²) in [6, 6.07) is 7.96. The van der Waals surface area contributed by atoms with Crippen molar-refractivity contribution in [2.45, 2.75) is 18.7 Å². The Balaban J connectivity index is 2.00. The van der Waals surface area contributed by atoms with Gasteiger partial charge in [-0.15, -0.1) is 6.42 Å². The Morgan fingerprint density at radius 3 is 3.10 bits per heavy atom. The van der Waals surface area contributed by atoms with Crippen molar-refractivity contribution in [1.82, 2.24) is 10.3 Å². The highest BCUT2D eigenvalue weighted by Gasteiger charge is 2.07. The molecule has 0 aliphatic rings. The molecule has 0 fully saturated rings. The maximum atomic E-state index is 9.81. The van der Waals surface area contributed by atoms with E-state index < -0.39 is 0 Å². The summed E-state index contributed by atoms with van der Waals surface area (Å²) in [5, 5.41) is 14.1. The fraction of sp³-hybridized carbons (Fsp3) is 0.312. The molecule has 0 radical (unpaired) electrons. The molecule has 0 spiro atoms. The topological polar surface area (TPSA) is 45.1 Å². The molecule has 1 atom stereocenters. The van der Waals surface area contributed by atoms with Crippen molar-refractivity contribution in [1.29, 1.82) is 0 Å². The van der Waals surface area contributed by atoms with Crippen LogP contribution in [-0.4, -0.2) is 28.4 Å². The Hall–Kier alpha value is -1.70. The van der Waals surface area contributed by atoms with Gasteiger partial charge in [-0.3, -0.25) is 4.98 Å². The minimum Gasteiger partial charge on any atom is -0.506 e. The molecule has 0 unspecified atom stereocenters. The summed E-state index contributed by atoms with van der Waals surface area (Å²) in [4.78, 5) is 4.23. The molecule has 1 aromatic carbocycles. The number of fused-ring (bicyclic) bond motifs is 1. The number of phenolic OH excluding ortho intramolecular Hbond substituents is 1. The summed E-state index contributed by atoms with van der Waals surface area (Å²) < 4.78 is 0. The number of nitrogens with zero attached hydrogens (tertiary/aromatic N) is 1. The molecule has 4 heteroatoms. The molecule has 20 heavy (non-hydrogen) atoms. The van der Waals surface area contributed by atoms with Crippen LogP contribution in [0.2, 0.25) is 0 Å². The average Bonchev–Trinajstić information content (AvgIpc) is 2.48. The first-order valence-corrected chi connectivity index (χ1v) is 7.68. The first kappa shape index (κ1) is 14.7. The lowest BCUT2D eigenvalue weighted by atomic mass is 10.1. The molecule has 1 aromatic heterocycles. The van der Waals surface area contributed by atoms with E-state index in [0.717, 1.165) is 16.9 Å². The van der Waals surface area contributed by atoms with E-state index in [4.69, 9.17) is 6.42 Å². The van der Waals surface area contributed by atoms with Gasteiger partial charge in [0, 0.05) is 29.1 Å². The first-order valence-electron chi connectivity index (χ1n) is 6.52. The van der Waals surface area contributed by atoms with Crippen molar-refractivity contribution in [3.8, 4) is 18.1 Å². The minimum absolute atomic E-state index is 0.235. The van der Waals surface area contributed by atoms with E-state index in [-0.39, 0.29) is 5.75 Å². The molecule has 0 bridgehead atoms. The Labute approximate surface area is 123 Å². The summed E-state index contributed by atoms with van der Waals surface area (Å²) in [6.45, 7) is 2.73. The van der Waals surface area contributed by atoms with Crippen LogP contribution in [0.5, 0.6) is 5.75 Å². The fourth-order valence-electron chi connectivity index (χ4n) is 1.98. The van der Waals surface area contributed by atoms with Gasteiger partial charge in [-0.25, -0.2) is 0 Å². The molecular formula is C16H18N2OS. The second-order valence-electron chi connectivity index (χ2n) is 4.64. The number of aromatic hydroxyl groups is 1. The summed E-state index contributed by atoms with van der Waals surface area (Å²) in [5.41, 5.74) is 1.86. The average molecular weight is 286 g/mol. The van der Waals surface area contributed by atoms with Crippen LogP contribution in [0.1, 0.15) is 12.5 Å². The zero-order valence-corrected chi connectivity index (χ0v) is 12.3. The molecular weight excluding hydrogens is 268 g/mol. The zero-order valence-electron chi connectivity index (χ0n) is 11.5. The maximum Gasteiger partial charge on any atom is 0.141 e. The summed E-state index contributed by atoms with van der Waals surface area (Å²) in [6.07, 6.45) is 6.92. The maximum absolute atomic E-state index is 9.81. The fourth-order valence-corrected chi connectivity index (χ4v) is 3.04. The van der Waals surface area contributed by atoms with Crippen LogP contribution in [0.3, 0.4) is 0 Å². The van der Waals surface area contributed by atoms with Crippen LogP contribution in [-0.2, 0) is 5.75 Å². The Morgan fingerprint density at radius 2 is 2.30 bits per heavy atom. The summed E-state index contributed by atoms with van der Waals surface area (Å²) >= 11 is 1.85. The van der Waals surface area contributed by atoms with Gasteiger partial charge in [0.05, 0.1) is 6.54 Å². The number of rotatable bonds is 6. The van der Waals surface area contributed by atoms with Gasteiger partial charge in [0.25, 0.3) is 0 Å². The van der Waals surface area contributed by atoms with Gasteiger partial charge in [0.2, 0.25) is 0 Å². The number of benzene rings is 1. The smallest absolute Gasteiger partial charge is 0.141 e. The molecule has 2 N–H and O–H groups in total. The van der Waals surface area contributed by atoms with E-state index in [2.05, 4.69) is 23.1 Å². The number of hydrogen-bond donors (Lipinski definition) is 2. The van der Waals surface area contributed by atoms with E-state index in [1.807, 2.05) is 30.0 Å². The Kier molecular flexibility index (Phi) is 5.28. The van der Waals surface area contributed by atoms with Gasteiger partial charge < -0.3 is 10.4 Å². The first-order chi connectivity index (χ1) is 9.72. The van der Waals surface area contributed by atoms with Crippen LogP contribution in [0.4, 0.5) is 0 Å². The predicted octanol–water partition coefficient (Wildman–Crippen LogP) is 2.78. The number of nitrogens with one attached hydrogen (secondary N) is 1. The van der Waals surface area contributed by atoms with E-state index in [1.165, 1.54) is 5.56 Å². The highest BCUT2D eigenvalue weighted by molar-refractivity contribution is 7.98. The van der Waals surface area contributed by atoms with Gasteiger partial charge >= 0.3 is 0 Å². The van der Waals surface area contributed by atoms with Gasteiger partial charge in [0.1, 0.15) is 11.3 Å². The summed E-state index contributed by atoms with van der Waals surface area (Å²) in [5.74, 6) is 4.70. The normalized spacial score (nSPS) is 12.2. The van der Waals surface area contributed by atoms with E-state index in [0.29, 0.717) is 18.1 Å². The standard InChI is InChI=1S/C16H18N2OS/c1-3-8-17-12(2)10-20-11-13-6-7-15(19)16-14(13)5-4-9-18-16/h1,4-7,9,12,17,19H,8,10-11H2,2H3/t12-/m1/s1. The second kappa shape index (κ2) is 7.18. The third kappa shape index (κ3) is 3.66. The highest BCUT2D eigenvalue weighted by atomic mass is 32.2. The predicted molar refractivity (Wildman–Crippen MR) is 85.9 cm³/mol. The molecule has 104 valence electrons. The van der Waals surface area contributed by atoms with Crippen LogP contribution < -0.4 is 5.32 Å². The molecule has 2 rings (SSSR count). The molecule has 1 heterocycles. The van der Waals surface area contributed by atoms with Gasteiger partial charge in [-0.1, -0.05) is 18.1 Å². The largest absolute Gasteiger partial charge is 0.506 e. The highest BCUT2D eigenvalue weighted by Crippen LogP contribution is 2.28. The molecule has 2 aromatic rings. The van der Waals surface area contributed by atoms with Crippen molar-refractivity contribution in [2.24, 2.45) is 0 Å². The number of aromatic nitrogens is 1. The number of pyridine rings is 1. The lowest BCUT2D eigenvalue weighted by molar-refractivity contribution is 0.480. The van der Waals surface area contributed by atoms with Crippen LogP contribution >= 0.6 is 11.8 Å². The molecule has 0 saturated carbocycles. The van der Waals surface area contributed by atoms with Gasteiger partial charge in [-0.2, -0.15) is 11.8 Å². The van der Waals surface area contributed by atoms with Gasteiger partial charge in [-0.05, 0) is 24.6 Å². The number of phenols is 1. The monoisotopic (exact) mass is 286 g/mol. The quantitative estimate of drug-likeness (QED) is 0.802. The molecule has 0 saturated heterocycles. The lowest BCUT2D eigenvalue weighted by Crippen LogP contribution is -2.28. The van der Waals surface area contributed by atoms with Crippen molar-refractivity contribution >= 4 is 22.7 Å². The number of hydrogen-bond acceptors (Lipinski definition) is 4. The molecule has 0 aliphatic carbocycles. The molecule has 3 nitrogen and oxygen atoms in total. The SMILES string of the molecule is C#CCN[C@H](C)CSCc1ccc(O)c2ncccc12. The van der Waals surface area contributed by atoms with Crippen molar-refractivity contribution in [3.63, 3.8) is 0 Å². The molecule has 0 amide bonds. The van der Waals surface area contributed by atoms with Crippen LogP contribution in [0.15, 0.2) is 30.5 Å². The van der Waals surface area contributed by atoms with E-state index in [9.17, 15) is 5.11 Å². The zero-order chi connectivity index (χ0) is 14.4. The minimum atomic E-state index is 0.235. The van der Waals surface area contributed by atoms with Crippen LogP contribution in [0, 0.1) is 12.3 Å². The Morgan fingerprint density at radius 1 is 1.45 bits per heavy atom. The van der Waals surface area contributed by atoms with Crippen molar-refractivity contribution < 1.29 is 5.11 Å². The third-order valence-corrected chi connectivity index (χ3v) is 4.27. The Bertz CT molecular complexity index is 621. The van der Waals surface area contributed by atoms with Crippen LogP contribution in [0.25, 0.3) is 10.9 Å².